The lowest BCUT2D eigenvalue weighted by Gasteiger charge is -2.15. The van der Waals surface area contributed by atoms with E-state index in [1.807, 2.05) is 36.4 Å². The molecule has 4 nitrogen and oxygen atoms in total. The Morgan fingerprint density at radius 2 is 2.04 bits per heavy atom. The van der Waals surface area contributed by atoms with Gasteiger partial charge in [-0.3, -0.25) is 4.79 Å². The van der Waals surface area contributed by atoms with E-state index >= 15 is 0 Å². The van der Waals surface area contributed by atoms with Gasteiger partial charge in [-0.1, -0.05) is 41.9 Å². The zero-order valence-electron chi connectivity index (χ0n) is 12.8. The summed E-state index contributed by atoms with van der Waals surface area (Å²) in [5.41, 5.74) is 2.92. The third-order valence-corrected chi connectivity index (χ3v) is 4.67. The Hall–Kier alpha value is -2.04. The summed E-state index contributed by atoms with van der Waals surface area (Å²) in [6.45, 7) is 0.578. The van der Waals surface area contributed by atoms with Gasteiger partial charge in [-0.15, -0.1) is 0 Å². The van der Waals surface area contributed by atoms with Gasteiger partial charge in [0.1, 0.15) is 5.75 Å². The molecule has 2 aromatic carbocycles. The fourth-order valence-electron chi connectivity index (χ4n) is 3.09. The summed E-state index contributed by atoms with van der Waals surface area (Å²) in [4.78, 5) is 11.4. The minimum atomic E-state index is -0.774. The van der Waals surface area contributed by atoms with Crippen LogP contribution >= 0.6 is 11.6 Å². The average Bonchev–Trinajstić information content (AvgIpc) is 2.93. The van der Waals surface area contributed by atoms with Crippen molar-refractivity contribution >= 4 is 17.6 Å². The van der Waals surface area contributed by atoms with Gasteiger partial charge in [0.15, 0.2) is 0 Å². The number of benzene rings is 2. The second kappa shape index (κ2) is 6.60. The molecule has 2 aromatic rings. The van der Waals surface area contributed by atoms with Gasteiger partial charge in [0.05, 0.1) is 13.0 Å². The van der Waals surface area contributed by atoms with E-state index in [1.54, 1.807) is 13.2 Å². The third kappa shape index (κ3) is 3.19. The number of carboxylic acids is 1. The molecule has 0 spiro atoms. The number of methoxy groups -OCH3 is 1. The molecule has 2 N–H and O–H groups in total. The highest BCUT2D eigenvalue weighted by Crippen LogP contribution is 2.40. The Morgan fingerprint density at radius 1 is 1.30 bits per heavy atom. The maximum absolute atomic E-state index is 11.4. The van der Waals surface area contributed by atoms with Crippen molar-refractivity contribution in [1.29, 1.82) is 0 Å². The lowest BCUT2D eigenvalue weighted by atomic mass is 10.0. The first-order chi connectivity index (χ1) is 11.1. The van der Waals surface area contributed by atoms with E-state index in [9.17, 15) is 9.90 Å². The van der Waals surface area contributed by atoms with E-state index in [0.29, 0.717) is 18.0 Å². The molecule has 23 heavy (non-hydrogen) atoms. The lowest BCUT2D eigenvalue weighted by molar-refractivity contribution is -0.138. The molecule has 0 aliphatic heterocycles. The summed E-state index contributed by atoms with van der Waals surface area (Å²) in [5.74, 6) is -0.504. The molecule has 5 heteroatoms. The molecule has 0 bridgehead atoms. The van der Waals surface area contributed by atoms with Gasteiger partial charge in [-0.25, -0.2) is 0 Å². The van der Waals surface area contributed by atoms with E-state index in [2.05, 4.69) is 5.32 Å². The Bertz CT molecular complexity index is 732. The van der Waals surface area contributed by atoms with Gasteiger partial charge in [0.25, 0.3) is 0 Å². The molecule has 0 amide bonds. The number of rotatable bonds is 5. The topological polar surface area (TPSA) is 58.6 Å². The SMILES string of the molecule is COc1ccc(CN[C@@H]2C[C@H](C(=O)O)c3ccccc32)c(Cl)c1. The van der Waals surface area contributed by atoms with Crippen LogP contribution in [0.25, 0.3) is 0 Å². The number of carboxylic acid groups (broad SMARTS) is 1. The molecular formula is C18H18ClNO3. The highest BCUT2D eigenvalue weighted by Gasteiger charge is 2.34. The van der Waals surface area contributed by atoms with E-state index in [1.165, 1.54) is 0 Å². The standard InChI is InChI=1S/C18H18ClNO3/c1-23-12-7-6-11(16(19)8-12)10-20-17-9-15(18(21)22)13-4-2-3-5-14(13)17/h2-8,15,17,20H,9-10H2,1H3,(H,21,22)/t15-,17+/m0/s1. The molecule has 0 saturated carbocycles. The quantitative estimate of drug-likeness (QED) is 0.876. The number of halogens is 1. The summed E-state index contributed by atoms with van der Waals surface area (Å²) in [5, 5.41) is 13.5. The number of fused-ring (bicyclic) bond motifs is 1. The maximum Gasteiger partial charge on any atom is 0.311 e. The lowest BCUT2D eigenvalue weighted by Crippen LogP contribution is -2.19. The number of ether oxygens (including phenoxy) is 1. The monoisotopic (exact) mass is 331 g/mol. The first-order valence-corrected chi connectivity index (χ1v) is 7.85. The summed E-state index contributed by atoms with van der Waals surface area (Å²) in [6, 6.07) is 13.3. The highest BCUT2D eigenvalue weighted by molar-refractivity contribution is 6.31. The van der Waals surface area contributed by atoms with E-state index in [4.69, 9.17) is 16.3 Å². The average molecular weight is 332 g/mol. The predicted molar refractivity (Wildman–Crippen MR) is 89.0 cm³/mol. The van der Waals surface area contributed by atoms with Crippen molar-refractivity contribution in [3.05, 3.63) is 64.2 Å². The fourth-order valence-corrected chi connectivity index (χ4v) is 3.33. The number of nitrogens with one attached hydrogen (secondary N) is 1. The summed E-state index contributed by atoms with van der Waals surface area (Å²) in [7, 11) is 1.60. The van der Waals surface area contributed by atoms with Crippen LogP contribution in [-0.4, -0.2) is 18.2 Å². The van der Waals surface area contributed by atoms with Crippen LogP contribution in [0.4, 0.5) is 0 Å². The van der Waals surface area contributed by atoms with Crippen molar-refractivity contribution in [2.24, 2.45) is 0 Å². The predicted octanol–water partition coefficient (Wildman–Crippen LogP) is 3.75. The normalized spacial score (nSPS) is 19.4. The molecule has 3 rings (SSSR count). The van der Waals surface area contributed by atoms with Crippen molar-refractivity contribution in [2.45, 2.75) is 24.9 Å². The number of carbonyl (C=O) groups is 1. The molecule has 0 unspecified atom stereocenters. The van der Waals surface area contributed by atoms with Gasteiger partial charge >= 0.3 is 5.97 Å². The Labute approximate surface area is 140 Å². The van der Waals surface area contributed by atoms with Crippen LogP contribution in [0.1, 0.15) is 35.1 Å². The van der Waals surface area contributed by atoms with Gasteiger partial charge in [0.2, 0.25) is 0 Å². The second-order valence-corrected chi connectivity index (χ2v) is 6.05. The Kier molecular flexibility index (Phi) is 4.55. The van der Waals surface area contributed by atoms with Gasteiger partial charge in [0, 0.05) is 17.6 Å². The van der Waals surface area contributed by atoms with Crippen molar-refractivity contribution < 1.29 is 14.6 Å². The molecular weight excluding hydrogens is 314 g/mol. The molecule has 0 fully saturated rings. The summed E-state index contributed by atoms with van der Waals surface area (Å²) >= 11 is 6.26. The maximum atomic E-state index is 11.4. The zero-order valence-corrected chi connectivity index (χ0v) is 13.5. The van der Waals surface area contributed by atoms with Crippen molar-refractivity contribution in [3.8, 4) is 5.75 Å². The van der Waals surface area contributed by atoms with Crippen LogP contribution in [-0.2, 0) is 11.3 Å². The molecule has 1 aliphatic rings. The Morgan fingerprint density at radius 3 is 2.70 bits per heavy atom. The molecule has 120 valence electrons. The first-order valence-electron chi connectivity index (χ1n) is 7.47. The Balaban J connectivity index is 1.75. The number of aliphatic carboxylic acids is 1. The number of hydrogen-bond acceptors (Lipinski definition) is 3. The van der Waals surface area contributed by atoms with E-state index < -0.39 is 11.9 Å². The van der Waals surface area contributed by atoms with Crippen LogP contribution < -0.4 is 10.1 Å². The van der Waals surface area contributed by atoms with Crippen LogP contribution in [0, 0.1) is 0 Å². The van der Waals surface area contributed by atoms with E-state index in [0.717, 1.165) is 22.4 Å². The molecule has 2 atom stereocenters. The summed E-state index contributed by atoms with van der Waals surface area (Å²) in [6.07, 6.45) is 0.558. The molecule has 0 heterocycles. The van der Waals surface area contributed by atoms with Crippen LogP contribution in [0.3, 0.4) is 0 Å². The second-order valence-electron chi connectivity index (χ2n) is 5.65. The first kappa shape index (κ1) is 15.8. The van der Waals surface area contributed by atoms with Crippen LogP contribution in [0.2, 0.25) is 5.02 Å². The van der Waals surface area contributed by atoms with Gasteiger partial charge in [-0.2, -0.15) is 0 Å². The molecule has 0 radical (unpaired) electrons. The van der Waals surface area contributed by atoms with Crippen molar-refractivity contribution in [2.75, 3.05) is 7.11 Å². The molecule has 1 aliphatic carbocycles. The summed E-state index contributed by atoms with van der Waals surface area (Å²) < 4.78 is 5.14. The van der Waals surface area contributed by atoms with Crippen molar-refractivity contribution in [1.82, 2.24) is 5.32 Å². The van der Waals surface area contributed by atoms with Crippen molar-refractivity contribution in [3.63, 3.8) is 0 Å². The van der Waals surface area contributed by atoms with Gasteiger partial charge in [-0.05, 0) is 35.2 Å². The largest absolute Gasteiger partial charge is 0.497 e. The fraction of sp³-hybridized carbons (Fsp3) is 0.278. The highest BCUT2D eigenvalue weighted by atomic mass is 35.5. The minimum Gasteiger partial charge on any atom is -0.497 e. The molecule has 0 aromatic heterocycles. The zero-order chi connectivity index (χ0) is 16.4. The third-order valence-electron chi connectivity index (χ3n) is 4.32. The van der Waals surface area contributed by atoms with Crippen LogP contribution in [0.5, 0.6) is 5.75 Å². The van der Waals surface area contributed by atoms with E-state index in [-0.39, 0.29) is 6.04 Å². The van der Waals surface area contributed by atoms with Gasteiger partial charge < -0.3 is 15.2 Å². The minimum absolute atomic E-state index is 0.0190. The number of hydrogen-bond donors (Lipinski definition) is 2. The van der Waals surface area contributed by atoms with Crippen LogP contribution in [0.15, 0.2) is 42.5 Å². The smallest absolute Gasteiger partial charge is 0.311 e. The molecule has 0 saturated heterocycles.